The summed E-state index contributed by atoms with van der Waals surface area (Å²) in [5.41, 5.74) is 1.28. The predicted molar refractivity (Wildman–Crippen MR) is 58.8 cm³/mol. The molecule has 0 amide bonds. The van der Waals surface area contributed by atoms with Crippen LogP contribution in [0.2, 0.25) is 0 Å². The zero-order valence-electron chi connectivity index (χ0n) is 9.48. The molecule has 0 radical (unpaired) electrons. The molecule has 16 heavy (non-hydrogen) atoms. The van der Waals surface area contributed by atoms with Crippen molar-refractivity contribution in [3.05, 3.63) is 34.9 Å². The third kappa shape index (κ3) is 2.39. The van der Waals surface area contributed by atoms with Crippen LogP contribution in [0.15, 0.2) is 18.2 Å². The lowest BCUT2D eigenvalue weighted by atomic mass is 9.95. The summed E-state index contributed by atoms with van der Waals surface area (Å²) >= 11 is 0. The van der Waals surface area contributed by atoms with E-state index in [-0.39, 0.29) is 11.5 Å². The van der Waals surface area contributed by atoms with E-state index < -0.39 is 11.9 Å². The van der Waals surface area contributed by atoms with E-state index in [1.807, 2.05) is 13.8 Å². The van der Waals surface area contributed by atoms with Gasteiger partial charge in [0.25, 0.3) is 0 Å². The number of rotatable bonds is 3. The van der Waals surface area contributed by atoms with E-state index in [9.17, 15) is 9.59 Å². The van der Waals surface area contributed by atoms with Crippen LogP contribution in [-0.4, -0.2) is 24.2 Å². The summed E-state index contributed by atoms with van der Waals surface area (Å²) in [4.78, 5) is 22.3. The zero-order chi connectivity index (χ0) is 12.3. The van der Waals surface area contributed by atoms with Crippen molar-refractivity contribution in [3.63, 3.8) is 0 Å². The van der Waals surface area contributed by atoms with Gasteiger partial charge in [-0.1, -0.05) is 13.8 Å². The van der Waals surface area contributed by atoms with E-state index >= 15 is 0 Å². The summed E-state index contributed by atoms with van der Waals surface area (Å²) in [6.45, 7) is 3.79. The molecular weight excluding hydrogens is 208 g/mol. The Kier molecular flexibility index (Phi) is 3.66. The second-order valence-corrected chi connectivity index (χ2v) is 3.75. The maximum atomic E-state index is 11.5. The Morgan fingerprint density at radius 2 is 1.94 bits per heavy atom. The van der Waals surface area contributed by atoms with E-state index in [0.717, 1.165) is 0 Å². The van der Waals surface area contributed by atoms with Gasteiger partial charge in [0, 0.05) is 0 Å². The fourth-order valence-electron chi connectivity index (χ4n) is 1.47. The molecule has 1 N–H and O–H groups in total. The SMILES string of the molecule is COC(=O)c1ccc(C(=O)O)cc1C(C)C. The van der Waals surface area contributed by atoms with Crippen LogP contribution in [0.1, 0.15) is 46.0 Å². The van der Waals surface area contributed by atoms with Gasteiger partial charge < -0.3 is 9.84 Å². The predicted octanol–water partition coefficient (Wildman–Crippen LogP) is 2.29. The highest BCUT2D eigenvalue weighted by Gasteiger charge is 2.16. The highest BCUT2D eigenvalue weighted by molar-refractivity contribution is 5.94. The quantitative estimate of drug-likeness (QED) is 0.797. The molecule has 0 heterocycles. The van der Waals surface area contributed by atoms with Crippen molar-refractivity contribution in [1.29, 1.82) is 0 Å². The molecule has 0 aliphatic rings. The molecule has 0 atom stereocenters. The number of carboxylic acids is 1. The van der Waals surface area contributed by atoms with Crippen LogP contribution in [-0.2, 0) is 4.74 Å². The fourth-order valence-corrected chi connectivity index (χ4v) is 1.47. The number of carbonyl (C=O) groups excluding carboxylic acids is 1. The molecule has 0 aliphatic heterocycles. The first-order valence-electron chi connectivity index (χ1n) is 4.93. The Morgan fingerprint density at radius 3 is 2.38 bits per heavy atom. The number of benzene rings is 1. The Hall–Kier alpha value is -1.84. The van der Waals surface area contributed by atoms with E-state index in [1.54, 1.807) is 0 Å². The van der Waals surface area contributed by atoms with Crippen molar-refractivity contribution < 1.29 is 19.4 Å². The standard InChI is InChI=1S/C12H14O4/c1-7(2)10-6-8(11(13)14)4-5-9(10)12(15)16-3/h4-7H,1-3H3,(H,13,14). The van der Waals surface area contributed by atoms with Gasteiger partial charge >= 0.3 is 11.9 Å². The van der Waals surface area contributed by atoms with Crippen molar-refractivity contribution in [1.82, 2.24) is 0 Å². The second-order valence-electron chi connectivity index (χ2n) is 3.75. The van der Waals surface area contributed by atoms with E-state index in [1.165, 1.54) is 25.3 Å². The lowest BCUT2D eigenvalue weighted by Gasteiger charge is -2.11. The van der Waals surface area contributed by atoms with Gasteiger partial charge in [-0.25, -0.2) is 9.59 Å². The Morgan fingerprint density at radius 1 is 1.31 bits per heavy atom. The highest BCUT2D eigenvalue weighted by atomic mass is 16.5. The molecule has 0 saturated heterocycles. The normalized spacial score (nSPS) is 10.2. The van der Waals surface area contributed by atoms with Gasteiger partial charge in [0.05, 0.1) is 18.2 Å². The lowest BCUT2D eigenvalue weighted by molar-refractivity contribution is 0.0596. The van der Waals surface area contributed by atoms with Crippen LogP contribution < -0.4 is 0 Å². The van der Waals surface area contributed by atoms with Crippen molar-refractivity contribution in [2.24, 2.45) is 0 Å². The van der Waals surface area contributed by atoms with Crippen molar-refractivity contribution >= 4 is 11.9 Å². The van der Waals surface area contributed by atoms with Gasteiger partial charge in [0.15, 0.2) is 0 Å². The molecule has 0 aliphatic carbocycles. The first-order chi connectivity index (χ1) is 7.47. The summed E-state index contributed by atoms with van der Waals surface area (Å²) in [6.07, 6.45) is 0. The van der Waals surface area contributed by atoms with Crippen molar-refractivity contribution in [2.45, 2.75) is 19.8 Å². The summed E-state index contributed by atoms with van der Waals surface area (Å²) < 4.78 is 4.64. The number of esters is 1. The number of carbonyl (C=O) groups is 2. The number of ether oxygens (including phenoxy) is 1. The van der Waals surface area contributed by atoms with Crippen LogP contribution in [0.25, 0.3) is 0 Å². The molecule has 1 aromatic carbocycles. The van der Waals surface area contributed by atoms with E-state index in [2.05, 4.69) is 4.74 Å². The number of hydrogen-bond acceptors (Lipinski definition) is 3. The molecule has 0 fully saturated rings. The average Bonchev–Trinajstić information content (AvgIpc) is 2.26. The minimum Gasteiger partial charge on any atom is -0.478 e. The number of aromatic carboxylic acids is 1. The second kappa shape index (κ2) is 4.79. The molecule has 86 valence electrons. The summed E-state index contributed by atoms with van der Waals surface area (Å²) in [5, 5.41) is 8.86. The number of methoxy groups -OCH3 is 1. The van der Waals surface area contributed by atoms with Crippen LogP contribution in [0.3, 0.4) is 0 Å². The number of carboxylic acid groups (broad SMARTS) is 1. The van der Waals surface area contributed by atoms with E-state index in [4.69, 9.17) is 5.11 Å². The molecule has 0 bridgehead atoms. The molecule has 4 heteroatoms. The van der Waals surface area contributed by atoms with Gasteiger partial charge in [-0.05, 0) is 29.7 Å². The highest BCUT2D eigenvalue weighted by Crippen LogP contribution is 2.22. The smallest absolute Gasteiger partial charge is 0.338 e. The lowest BCUT2D eigenvalue weighted by Crippen LogP contribution is -2.09. The Bertz CT molecular complexity index is 421. The molecule has 0 saturated carbocycles. The largest absolute Gasteiger partial charge is 0.478 e. The van der Waals surface area contributed by atoms with Gasteiger partial charge in [0.2, 0.25) is 0 Å². The maximum Gasteiger partial charge on any atom is 0.338 e. The zero-order valence-corrected chi connectivity index (χ0v) is 9.48. The Balaban J connectivity index is 3.30. The van der Waals surface area contributed by atoms with E-state index in [0.29, 0.717) is 11.1 Å². The monoisotopic (exact) mass is 222 g/mol. The molecule has 1 aromatic rings. The molecule has 0 spiro atoms. The van der Waals surface area contributed by atoms with Gasteiger partial charge in [0.1, 0.15) is 0 Å². The van der Waals surface area contributed by atoms with Crippen LogP contribution in [0.5, 0.6) is 0 Å². The van der Waals surface area contributed by atoms with Crippen molar-refractivity contribution in [3.8, 4) is 0 Å². The summed E-state index contributed by atoms with van der Waals surface area (Å²) in [6, 6.07) is 4.41. The minimum atomic E-state index is -1.00. The molecule has 0 aromatic heterocycles. The molecule has 1 rings (SSSR count). The molecule has 4 nitrogen and oxygen atoms in total. The maximum absolute atomic E-state index is 11.5. The summed E-state index contributed by atoms with van der Waals surface area (Å²) in [7, 11) is 1.30. The van der Waals surface area contributed by atoms with Gasteiger partial charge in [-0.2, -0.15) is 0 Å². The average molecular weight is 222 g/mol. The molecular formula is C12H14O4. The van der Waals surface area contributed by atoms with Gasteiger partial charge in [-0.3, -0.25) is 0 Å². The first-order valence-corrected chi connectivity index (χ1v) is 4.93. The third-order valence-electron chi connectivity index (χ3n) is 2.33. The van der Waals surface area contributed by atoms with Crippen LogP contribution in [0, 0.1) is 0 Å². The third-order valence-corrected chi connectivity index (χ3v) is 2.33. The Labute approximate surface area is 93.9 Å². The van der Waals surface area contributed by atoms with Crippen LogP contribution in [0.4, 0.5) is 0 Å². The van der Waals surface area contributed by atoms with Gasteiger partial charge in [-0.15, -0.1) is 0 Å². The molecule has 0 unspecified atom stereocenters. The topological polar surface area (TPSA) is 63.6 Å². The summed E-state index contributed by atoms with van der Waals surface area (Å²) in [5.74, 6) is -1.38. The number of hydrogen-bond donors (Lipinski definition) is 1. The van der Waals surface area contributed by atoms with Crippen LogP contribution >= 0.6 is 0 Å². The van der Waals surface area contributed by atoms with Crippen molar-refractivity contribution in [2.75, 3.05) is 7.11 Å². The fraction of sp³-hybridized carbons (Fsp3) is 0.333. The first kappa shape index (κ1) is 12.2. The minimum absolute atomic E-state index is 0.0633.